The van der Waals surface area contributed by atoms with E-state index in [2.05, 4.69) is 22.4 Å². The number of hydrogen-bond donors (Lipinski definition) is 3. The number of anilines is 2. The quantitative estimate of drug-likeness (QED) is 0.320. The van der Waals surface area contributed by atoms with Crippen LogP contribution in [0, 0.1) is 0 Å². The lowest BCUT2D eigenvalue weighted by Gasteiger charge is -2.12. The molecule has 4 rings (SSSR count). The van der Waals surface area contributed by atoms with Crippen LogP contribution in [0.4, 0.5) is 11.4 Å². The Morgan fingerprint density at radius 1 is 1.00 bits per heavy atom. The number of nitrogens with two attached hydrogens (primary N) is 2. The van der Waals surface area contributed by atoms with E-state index in [1.165, 1.54) is 0 Å². The molecule has 7 heteroatoms. The molecule has 0 unspecified atom stereocenters. The number of hydrogen-bond acceptors (Lipinski definition) is 5. The topological polar surface area (TPSA) is 111 Å². The maximum atomic E-state index is 13.0. The summed E-state index contributed by atoms with van der Waals surface area (Å²) in [5.41, 5.74) is 15.0. The first-order valence-corrected chi connectivity index (χ1v) is 10.3. The van der Waals surface area contributed by atoms with E-state index in [-0.39, 0.29) is 5.91 Å². The van der Waals surface area contributed by atoms with Crippen molar-refractivity contribution < 1.29 is 9.59 Å². The molecule has 0 aliphatic carbocycles. The van der Waals surface area contributed by atoms with Gasteiger partial charge in [0.15, 0.2) is 0 Å². The summed E-state index contributed by atoms with van der Waals surface area (Å²) in [5, 5.41) is 3.94. The SMILES string of the molecule is C/N=C\c1cc(C(=O)Nc2cccc(C(N)=O)c2)cc(-c2cc3ccccc3s2)c1N. The van der Waals surface area contributed by atoms with Crippen molar-refractivity contribution in [1.29, 1.82) is 0 Å². The van der Waals surface area contributed by atoms with E-state index >= 15 is 0 Å². The van der Waals surface area contributed by atoms with Gasteiger partial charge in [-0.15, -0.1) is 11.3 Å². The second-order valence-electron chi connectivity index (χ2n) is 6.96. The van der Waals surface area contributed by atoms with Gasteiger partial charge in [0.25, 0.3) is 5.91 Å². The fourth-order valence-corrected chi connectivity index (χ4v) is 4.42. The molecule has 5 N–H and O–H groups in total. The monoisotopic (exact) mass is 428 g/mol. The van der Waals surface area contributed by atoms with Crippen molar-refractivity contribution in [2.45, 2.75) is 0 Å². The van der Waals surface area contributed by atoms with Crippen LogP contribution in [0.1, 0.15) is 26.3 Å². The highest BCUT2D eigenvalue weighted by Crippen LogP contribution is 2.38. The molecule has 2 amide bonds. The Morgan fingerprint density at radius 3 is 2.55 bits per heavy atom. The predicted molar refractivity (Wildman–Crippen MR) is 128 cm³/mol. The molecular weight excluding hydrogens is 408 g/mol. The molecule has 0 aliphatic heterocycles. The first-order chi connectivity index (χ1) is 15.0. The summed E-state index contributed by atoms with van der Waals surface area (Å²) in [4.78, 5) is 29.5. The number of benzene rings is 3. The van der Waals surface area contributed by atoms with Crippen molar-refractivity contribution in [3.05, 3.63) is 83.4 Å². The molecule has 0 spiro atoms. The number of primary amides is 1. The summed E-state index contributed by atoms with van der Waals surface area (Å²) < 4.78 is 1.14. The van der Waals surface area contributed by atoms with Crippen LogP contribution in [0.5, 0.6) is 0 Å². The summed E-state index contributed by atoms with van der Waals surface area (Å²) in [7, 11) is 1.65. The summed E-state index contributed by atoms with van der Waals surface area (Å²) in [5.74, 6) is -0.883. The van der Waals surface area contributed by atoms with Gasteiger partial charge in [0.1, 0.15) is 0 Å². The Kier molecular flexibility index (Phi) is 5.51. The van der Waals surface area contributed by atoms with Crippen LogP contribution in [-0.4, -0.2) is 25.1 Å². The second-order valence-corrected chi connectivity index (χ2v) is 8.05. The Hall–Kier alpha value is -3.97. The third-order valence-electron chi connectivity index (χ3n) is 4.84. The van der Waals surface area contributed by atoms with Crippen molar-refractivity contribution in [3.8, 4) is 10.4 Å². The minimum absolute atomic E-state index is 0.319. The Morgan fingerprint density at radius 2 is 1.81 bits per heavy atom. The molecule has 31 heavy (non-hydrogen) atoms. The Labute approximate surface area is 183 Å². The van der Waals surface area contributed by atoms with Gasteiger partial charge in [-0.2, -0.15) is 0 Å². The zero-order valence-electron chi connectivity index (χ0n) is 16.8. The minimum Gasteiger partial charge on any atom is -0.398 e. The molecule has 0 saturated heterocycles. The van der Waals surface area contributed by atoms with Crippen molar-refractivity contribution in [3.63, 3.8) is 0 Å². The molecule has 0 aliphatic rings. The summed E-state index contributed by atoms with van der Waals surface area (Å²) >= 11 is 1.61. The average Bonchev–Trinajstić information content (AvgIpc) is 3.19. The number of nitrogens with zero attached hydrogens (tertiary/aromatic N) is 1. The fourth-order valence-electron chi connectivity index (χ4n) is 3.32. The zero-order chi connectivity index (χ0) is 22.0. The van der Waals surface area contributed by atoms with Crippen LogP contribution in [0.25, 0.3) is 20.5 Å². The van der Waals surface area contributed by atoms with Crippen molar-refractivity contribution in [2.75, 3.05) is 18.1 Å². The molecule has 1 heterocycles. The maximum Gasteiger partial charge on any atom is 0.255 e. The molecule has 3 aromatic carbocycles. The Balaban J connectivity index is 1.76. The second kappa shape index (κ2) is 8.41. The molecule has 0 bridgehead atoms. The van der Waals surface area contributed by atoms with Crippen molar-refractivity contribution >= 4 is 50.8 Å². The fraction of sp³-hybridized carbons (Fsp3) is 0.0417. The van der Waals surface area contributed by atoms with Gasteiger partial charge >= 0.3 is 0 Å². The van der Waals surface area contributed by atoms with E-state index in [4.69, 9.17) is 11.5 Å². The number of rotatable bonds is 5. The van der Waals surface area contributed by atoms with Crippen LogP contribution in [0.2, 0.25) is 0 Å². The van der Waals surface area contributed by atoms with E-state index in [1.54, 1.807) is 61.0 Å². The van der Waals surface area contributed by atoms with Crippen LogP contribution in [-0.2, 0) is 0 Å². The normalized spacial score (nSPS) is 11.1. The first-order valence-electron chi connectivity index (χ1n) is 9.52. The van der Waals surface area contributed by atoms with Gasteiger partial charge < -0.3 is 16.8 Å². The third kappa shape index (κ3) is 4.17. The third-order valence-corrected chi connectivity index (χ3v) is 5.99. The van der Waals surface area contributed by atoms with Gasteiger partial charge in [0, 0.05) is 56.5 Å². The van der Waals surface area contributed by atoms with Gasteiger partial charge in [-0.3, -0.25) is 14.6 Å². The van der Waals surface area contributed by atoms with Crippen LogP contribution < -0.4 is 16.8 Å². The average molecular weight is 429 g/mol. The highest BCUT2D eigenvalue weighted by Gasteiger charge is 2.16. The molecule has 0 radical (unpaired) electrons. The standard InChI is InChI=1S/C24H20N4O2S/c1-27-13-17-9-16(24(30)28-18-7-4-6-15(10-18)23(26)29)11-19(22(17)25)21-12-14-5-2-3-8-20(14)31-21/h2-13H,25H2,1H3,(H2,26,29)(H,28,30)/b27-13-. The molecular formula is C24H20N4O2S. The first kappa shape index (κ1) is 20.3. The van der Waals surface area contributed by atoms with Gasteiger partial charge in [-0.05, 0) is 47.9 Å². The summed E-state index contributed by atoms with van der Waals surface area (Å²) in [6.07, 6.45) is 1.64. The Bertz CT molecular complexity index is 1310. The lowest BCUT2D eigenvalue weighted by Crippen LogP contribution is -2.15. The van der Waals surface area contributed by atoms with Crippen molar-refractivity contribution in [1.82, 2.24) is 0 Å². The lowest BCUT2D eigenvalue weighted by atomic mass is 10.0. The molecule has 154 valence electrons. The summed E-state index contributed by atoms with van der Waals surface area (Å²) in [6.45, 7) is 0. The molecule has 1 aromatic heterocycles. The van der Waals surface area contributed by atoms with E-state index in [0.29, 0.717) is 28.1 Å². The number of carbonyl (C=O) groups excluding carboxylic acids is 2. The molecule has 0 fully saturated rings. The molecule has 4 aromatic rings. The largest absolute Gasteiger partial charge is 0.398 e. The number of fused-ring (bicyclic) bond motifs is 1. The van der Waals surface area contributed by atoms with E-state index in [9.17, 15) is 9.59 Å². The van der Waals surface area contributed by atoms with Crippen LogP contribution in [0.3, 0.4) is 0 Å². The zero-order valence-corrected chi connectivity index (χ0v) is 17.6. The number of nitrogens with one attached hydrogen (secondary N) is 1. The number of nitrogen functional groups attached to an aromatic ring is 1. The van der Waals surface area contributed by atoms with E-state index < -0.39 is 5.91 Å². The maximum absolute atomic E-state index is 13.0. The number of carbonyl (C=O) groups is 2. The smallest absolute Gasteiger partial charge is 0.255 e. The number of thiophene rings is 1. The lowest BCUT2D eigenvalue weighted by molar-refractivity contribution is 0.0996. The minimum atomic E-state index is -0.558. The molecule has 6 nitrogen and oxygen atoms in total. The van der Waals surface area contributed by atoms with Gasteiger partial charge in [0.05, 0.1) is 0 Å². The van der Waals surface area contributed by atoms with Crippen LogP contribution in [0.15, 0.2) is 71.7 Å². The number of amides is 2. The van der Waals surface area contributed by atoms with E-state index in [1.807, 2.05) is 18.2 Å². The van der Waals surface area contributed by atoms with Gasteiger partial charge in [-0.1, -0.05) is 24.3 Å². The van der Waals surface area contributed by atoms with Crippen LogP contribution >= 0.6 is 11.3 Å². The van der Waals surface area contributed by atoms with Gasteiger partial charge in [-0.25, -0.2) is 0 Å². The van der Waals surface area contributed by atoms with Gasteiger partial charge in [0.2, 0.25) is 5.91 Å². The van der Waals surface area contributed by atoms with Crippen molar-refractivity contribution in [2.24, 2.45) is 10.7 Å². The number of aliphatic imine (C=N–C) groups is 1. The van der Waals surface area contributed by atoms with E-state index in [0.717, 1.165) is 20.5 Å². The predicted octanol–water partition coefficient (Wildman–Crippen LogP) is 4.55. The molecule has 0 saturated carbocycles. The molecule has 0 atom stereocenters. The summed E-state index contributed by atoms with van der Waals surface area (Å²) in [6, 6.07) is 20.1. The highest BCUT2D eigenvalue weighted by atomic mass is 32.1. The highest BCUT2D eigenvalue weighted by molar-refractivity contribution is 7.22.